The molecule has 0 amide bonds. The van der Waals surface area contributed by atoms with Gasteiger partial charge in [-0.25, -0.2) is 19.2 Å². The summed E-state index contributed by atoms with van der Waals surface area (Å²) in [7, 11) is 0. The highest BCUT2D eigenvalue weighted by atomic mass is 19.1. The van der Waals surface area contributed by atoms with Crippen molar-refractivity contribution in [3.05, 3.63) is 70.4 Å². The van der Waals surface area contributed by atoms with Gasteiger partial charge >= 0.3 is 5.76 Å². The molecule has 1 unspecified atom stereocenters. The van der Waals surface area contributed by atoms with E-state index in [4.69, 9.17) is 4.42 Å². The number of benzene rings is 1. The number of rotatable bonds is 7. The Morgan fingerprint density at radius 1 is 1.13 bits per heavy atom. The highest BCUT2D eigenvalue weighted by Gasteiger charge is 2.36. The van der Waals surface area contributed by atoms with Crippen LogP contribution in [0.4, 0.5) is 33.3 Å². The number of pyridine rings is 1. The SMILES string of the molecule is Cc1cnc(Nc2cnc(N3CC4=CN(CC5CC5)CC4C3)c(F)c2)nc1Nc1ccc2oc(=O)[nH]c2c1. The smallest absolute Gasteiger partial charge is 0.408 e. The molecule has 0 bridgehead atoms. The summed E-state index contributed by atoms with van der Waals surface area (Å²) in [5, 5.41) is 6.29. The van der Waals surface area contributed by atoms with Gasteiger partial charge in [0, 0.05) is 61.8 Å². The quantitative estimate of drug-likeness (QED) is 0.332. The van der Waals surface area contributed by atoms with Crippen LogP contribution in [0, 0.1) is 24.6 Å². The Kier molecular flexibility index (Phi) is 5.31. The molecule has 11 heteroatoms. The molecule has 0 radical (unpaired) electrons. The first-order chi connectivity index (χ1) is 18.5. The zero-order chi connectivity index (χ0) is 25.8. The number of aryl methyl sites for hydroxylation is 1. The maximum absolute atomic E-state index is 15.1. The molecule has 1 aliphatic carbocycles. The molecule has 5 heterocycles. The number of nitrogens with zero attached hydrogens (tertiary/aromatic N) is 5. The minimum atomic E-state index is -0.506. The van der Waals surface area contributed by atoms with Crippen molar-refractivity contribution in [1.82, 2.24) is 24.8 Å². The molecule has 2 aliphatic heterocycles. The van der Waals surface area contributed by atoms with E-state index in [1.165, 1.54) is 24.5 Å². The lowest BCUT2D eigenvalue weighted by Gasteiger charge is -2.22. The van der Waals surface area contributed by atoms with E-state index >= 15 is 4.39 Å². The maximum Gasteiger partial charge on any atom is 0.417 e. The van der Waals surface area contributed by atoms with Crippen LogP contribution in [0.5, 0.6) is 0 Å². The van der Waals surface area contributed by atoms with E-state index in [-0.39, 0.29) is 5.82 Å². The van der Waals surface area contributed by atoms with Crippen LogP contribution in [0.3, 0.4) is 0 Å². The molecule has 1 atom stereocenters. The number of aromatic amines is 1. The summed E-state index contributed by atoms with van der Waals surface area (Å²) in [5.41, 5.74) is 4.44. The van der Waals surface area contributed by atoms with Gasteiger partial charge in [0.25, 0.3) is 0 Å². The Morgan fingerprint density at radius 2 is 2.03 bits per heavy atom. The summed E-state index contributed by atoms with van der Waals surface area (Å²) in [6, 6.07) is 6.69. The number of halogens is 1. The minimum Gasteiger partial charge on any atom is -0.408 e. The van der Waals surface area contributed by atoms with Crippen LogP contribution < -0.4 is 21.3 Å². The molecule has 0 spiro atoms. The molecular weight excluding hydrogens is 487 g/mol. The van der Waals surface area contributed by atoms with Crippen molar-refractivity contribution in [3.8, 4) is 0 Å². The number of fused-ring (bicyclic) bond motifs is 2. The summed E-state index contributed by atoms with van der Waals surface area (Å²) < 4.78 is 20.2. The van der Waals surface area contributed by atoms with E-state index < -0.39 is 5.76 Å². The first-order valence-corrected chi connectivity index (χ1v) is 12.8. The number of H-pyrrole nitrogens is 1. The van der Waals surface area contributed by atoms with E-state index in [0.717, 1.165) is 43.3 Å². The van der Waals surface area contributed by atoms with Gasteiger partial charge in [-0.2, -0.15) is 4.98 Å². The first-order valence-electron chi connectivity index (χ1n) is 12.8. The van der Waals surface area contributed by atoms with Crippen LogP contribution in [0.25, 0.3) is 11.1 Å². The largest absolute Gasteiger partial charge is 0.417 e. The minimum absolute atomic E-state index is 0.307. The van der Waals surface area contributed by atoms with Crippen molar-refractivity contribution >= 4 is 40.1 Å². The van der Waals surface area contributed by atoms with Gasteiger partial charge in [0.15, 0.2) is 17.2 Å². The average Bonchev–Trinajstić information content (AvgIpc) is 3.31. The predicted octanol–water partition coefficient (Wildman–Crippen LogP) is 4.29. The maximum atomic E-state index is 15.1. The number of hydrogen-bond donors (Lipinski definition) is 3. The highest BCUT2D eigenvalue weighted by molar-refractivity contribution is 5.78. The van der Waals surface area contributed by atoms with Crippen LogP contribution >= 0.6 is 0 Å². The van der Waals surface area contributed by atoms with Gasteiger partial charge in [-0.05, 0) is 49.5 Å². The van der Waals surface area contributed by atoms with Gasteiger partial charge in [0.05, 0.1) is 17.4 Å². The summed E-state index contributed by atoms with van der Waals surface area (Å²) in [6.45, 7) is 5.58. The fourth-order valence-electron chi connectivity index (χ4n) is 5.27. The van der Waals surface area contributed by atoms with Crippen LogP contribution in [0.1, 0.15) is 18.4 Å². The molecular formula is C27H27FN8O2. The van der Waals surface area contributed by atoms with Crippen molar-refractivity contribution in [2.75, 3.05) is 41.7 Å². The van der Waals surface area contributed by atoms with Gasteiger partial charge in [-0.1, -0.05) is 0 Å². The molecule has 10 nitrogen and oxygen atoms in total. The van der Waals surface area contributed by atoms with Crippen LogP contribution in [0.15, 0.2) is 57.6 Å². The van der Waals surface area contributed by atoms with Crippen molar-refractivity contribution in [3.63, 3.8) is 0 Å². The zero-order valence-corrected chi connectivity index (χ0v) is 20.9. The van der Waals surface area contributed by atoms with Gasteiger partial charge < -0.3 is 24.9 Å². The predicted molar refractivity (Wildman–Crippen MR) is 142 cm³/mol. The lowest BCUT2D eigenvalue weighted by atomic mass is 10.1. The molecule has 2 fully saturated rings. The second-order valence-electron chi connectivity index (χ2n) is 10.4. The van der Waals surface area contributed by atoms with Crippen molar-refractivity contribution < 1.29 is 8.81 Å². The third-order valence-electron chi connectivity index (χ3n) is 7.36. The second-order valence-corrected chi connectivity index (χ2v) is 10.4. The Morgan fingerprint density at radius 3 is 2.84 bits per heavy atom. The fourth-order valence-corrected chi connectivity index (χ4v) is 5.27. The number of oxazole rings is 1. The van der Waals surface area contributed by atoms with E-state index in [2.05, 4.69) is 41.7 Å². The van der Waals surface area contributed by atoms with E-state index in [9.17, 15) is 4.79 Å². The number of hydrogen-bond acceptors (Lipinski definition) is 9. The summed E-state index contributed by atoms with van der Waals surface area (Å²) in [4.78, 5) is 31.8. The molecule has 1 saturated carbocycles. The van der Waals surface area contributed by atoms with Gasteiger partial charge in [-0.3, -0.25) is 4.98 Å². The third-order valence-corrected chi connectivity index (χ3v) is 7.36. The van der Waals surface area contributed by atoms with Crippen LogP contribution in [-0.2, 0) is 0 Å². The average molecular weight is 515 g/mol. The molecule has 4 aromatic rings. The van der Waals surface area contributed by atoms with Crippen molar-refractivity contribution in [1.29, 1.82) is 0 Å². The summed E-state index contributed by atoms with van der Waals surface area (Å²) >= 11 is 0. The first kappa shape index (κ1) is 22.8. The summed E-state index contributed by atoms with van der Waals surface area (Å²) in [6.07, 6.45) is 8.27. The van der Waals surface area contributed by atoms with E-state index in [1.54, 1.807) is 30.6 Å². The van der Waals surface area contributed by atoms with Crippen LogP contribution in [-0.4, -0.2) is 51.0 Å². The normalized spacial score (nSPS) is 18.7. The van der Waals surface area contributed by atoms with Crippen molar-refractivity contribution in [2.24, 2.45) is 11.8 Å². The lowest BCUT2D eigenvalue weighted by molar-refractivity contribution is 0.356. The molecule has 1 saturated heterocycles. The second kappa shape index (κ2) is 8.86. The Bertz CT molecular complexity index is 1630. The summed E-state index contributed by atoms with van der Waals surface area (Å²) in [5.74, 6) is 1.69. The number of nitrogens with one attached hydrogen (secondary N) is 3. The number of aromatic nitrogens is 4. The van der Waals surface area contributed by atoms with Crippen LogP contribution in [0.2, 0.25) is 0 Å². The number of anilines is 5. The van der Waals surface area contributed by atoms with Crippen molar-refractivity contribution in [2.45, 2.75) is 19.8 Å². The standard InChI is InChI=1S/C27H27FN8O2/c1-15-8-30-26(34-24(15)31-19-4-5-23-22(7-19)33-27(37)38-23)32-20-6-21(28)25(29-9-20)36-13-17-11-35(10-16-2-3-16)12-18(17)14-36/h4-9,11,16,18H,2-3,10,12-14H2,1H3,(H,33,37)(H2,30,31,32,34). The molecule has 3 N–H and O–H groups in total. The van der Waals surface area contributed by atoms with E-state index in [0.29, 0.717) is 40.3 Å². The molecule has 1 aromatic carbocycles. The Balaban J connectivity index is 1.04. The third kappa shape index (κ3) is 4.44. The monoisotopic (exact) mass is 514 g/mol. The molecule has 3 aliphatic rings. The topological polar surface area (TPSA) is 115 Å². The lowest BCUT2D eigenvalue weighted by Crippen LogP contribution is -2.27. The molecule has 3 aromatic heterocycles. The van der Waals surface area contributed by atoms with Gasteiger partial charge in [0.1, 0.15) is 5.82 Å². The molecule has 194 valence electrons. The highest BCUT2D eigenvalue weighted by Crippen LogP contribution is 2.36. The Labute approximate surface area is 217 Å². The molecule has 38 heavy (non-hydrogen) atoms. The Hall–Kier alpha value is -4.41. The zero-order valence-electron chi connectivity index (χ0n) is 20.9. The van der Waals surface area contributed by atoms with Gasteiger partial charge in [0.2, 0.25) is 5.95 Å². The fraction of sp³-hybridized carbons (Fsp3) is 0.333. The molecule has 7 rings (SSSR count). The van der Waals surface area contributed by atoms with Gasteiger partial charge in [-0.15, -0.1) is 0 Å². The van der Waals surface area contributed by atoms with E-state index in [1.807, 2.05) is 11.8 Å².